The molecule has 0 spiro atoms. The lowest BCUT2D eigenvalue weighted by Gasteiger charge is -2.34. The van der Waals surface area contributed by atoms with Crippen LogP contribution in [0.3, 0.4) is 0 Å². The van der Waals surface area contributed by atoms with Crippen LogP contribution in [0.25, 0.3) is 0 Å². The largest absolute Gasteiger partial charge is 0.481 e. The summed E-state index contributed by atoms with van der Waals surface area (Å²) >= 11 is 0. The first-order chi connectivity index (χ1) is 17.1. The maximum atomic E-state index is 9.00. The molecule has 4 rings (SSSR count). The lowest BCUT2D eigenvalue weighted by Crippen LogP contribution is -2.45. The van der Waals surface area contributed by atoms with Gasteiger partial charge in [0.1, 0.15) is 6.10 Å². The number of allylic oxidation sites excluding steroid dienone is 1. The van der Waals surface area contributed by atoms with Crippen LogP contribution in [0.15, 0.2) is 103 Å². The molecule has 0 aromatic heterocycles. The predicted octanol–water partition coefficient (Wildman–Crippen LogP) is 5.26. The Hall–Kier alpha value is -3.41. The number of piperazine rings is 1. The van der Waals surface area contributed by atoms with Crippen LogP contribution in [0, 0.1) is 0 Å². The first kappa shape index (κ1) is 26.2. The van der Waals surface area contributed by atoms with Crippen molar-refractivity contribution in [3.63, 3.8) is 0 Å². The number of aliphatic carboxylic acids is 1. The van der Waals surface area contributed by atoms with E-state index in [9.17, 15) is 0 Å². The smallest absolute Gasteiger partial charge is 0.300 e. The maximum Gasteiger partial charge on any atom is 0.300 e. The van der Waals surface area contributed by atoms with E-state index >= 15 is 0 Å². The molecule has 184 valence electrons. The zero-order chi connectivity index (χ0) is 24.7. The van der Waals surface area contributed by atoms with E-state index in [2.05, 4.69) is 113 Å². The molecule has 1 fully saturated rings. The summed E-state index contributed by atoms with van der Waals surface area (Å²) in [5.74, 6) is -0.833. The monoisotopic (exact) mass is 472 g/mol. The number of nitrogens with zero attached hydrogens (tertiary/aromatic N) is 2. The summed E-state index contributed by atoms with van der Waals surface area (Å²) in [6, 6.07) is 31.7. The Morgan fingerprint density at radius 1 is 0.857 bits per heavy atom. The van der Waals surface area contributed by atoms with Gasteiger partial charge in [0.05, 0.1) is 6.61 Å². The fourth-order valence-corrected chi connectivity index (χ4v) is 4.03. The minimum Gasteiger partial charge on any atom is -0.481 e. The first-order valence-corrected chi connectivity index (χ1v) is 12.2. The summed E-state index contributed by atoms with van der Waals surface area (Å²) in [7, 11) is 0. The summed E-state index contributed by atoms with van der Waals surface area (Å²) in [4.78, 5) is 13.9. The Morgan fingerprint density at radius 2 is 1.34 bits per heavy atom. The third-order valence-electron chi connectivity index (χ3n) is 5.82. The molecule has 0 saturated carbocycles. The van der Waals surface area contributed by atoms with Crippen molar-refractivity contribution in [2.45, 2.75) is 19.4 Å². The second-order valence-electron chi connectivity index (χ2n) is 8.54. The van der Waals surface area contributed by atoms with E-state index in [0.717, 1.165) is 52.7 Å². The Labute approximate surface area is 209 Å². The molecule has 1 heterocycles. The van der Waals surface area contributed by atoms with Crippen molar-refractivity contribution in [2.24, 2.45) is 0 Å². The molecule has 0 bridgehead atoms. The van der Waals surface area contributed by atoms with Crippen molar-refractivity contribution in [3.8, 4) is 0 Å². The normalized spacial score (nSPS) is 14.1. The van der Waals surface area contributed by atoms with Crippen LogP contribution in [0.1, 0.15) is 29.7 Å². The van der Waals surface area contributed by atoms with Crippen LogP contribution in [-0.2, 0) is 16.0 Å². The molecule has 0 radical (unpaired) electrons. The molecule has 3 aromatic carbocycles. The Morgan fingerprint density at radius 3 is 1.86 bits per heavy atom. The van der Waals surface area contributed by atoms with Gasteiger partial charge < -0.3 is 14.7 Å². The summed E-state index contributed by atoms with van der Waals surface area (Å²) in [6.07, 6.45) is 5.53. The molecule has 0 unspecified atom stereocenters. The van der Waals surface area contributed by atoms with Gasteiger partial charge in [-0.05, 0) is 29.3 Å². The third kappa shape index (κ3) is 9.77. The number of rotatable bonds is 9. The Bertz CT molecular complexity index is 958. The van der Waals surface area contributed by atoms with Gasteiger partial charge in [-0.3, -0.25) is 9.69 Å². The lowest BCUT2D eigenvalue weighted by molar-refractivity contribution is -0.134. The van der Waals surface area contributed by atoms with Crippen LogP contribution in [-0.4, -0.2) is 60.2 Å². The van der Waals surface area contributed by atoms with Gasteiger partial charge in [0, 0.05) is 39.6 Å². The van der Waals surface area contributed by atoms with E-state index in [1.807, 2.05) is 0 Å². The van der Waals surface area contributed by atoms with Gasteiger partial charge in [0.25, 0.3) is 5.97 Å². The highest BCUT2D eigenvalue weighted by Gasteiger charge is 2.17. The molecule has 1 aliphatic heterocycles. The number of ether oxygens (including phenoxy) is 1. The van der Waals surface area contributed by atoms with Gasteiger partial charge in [-0.15, -0.1) is 0 Å². The van der Waals surface area contributed by atoms with Crippen LogP contribution in [0.2, 0.25) is 0 Å². The van der Waals surface area contributed by atoms with E-state index in [1.165, 1.54) is 16.7 Å². The topological polar surface area (TPSA) is 53.0 Å². The molecule has 35 heavy (non-hydrogen) atoms. The number of hydrogen-bond donors (Lipinski definition) is 1. The fraction of sp³-hybridized carbons (Fsp3) is 0.300. The van der Waals surface area contributed by atoms with Gasteiger partial charge in [0.2, 0.25) is 0 Å². The molecule has 3 aromatic rings. The quantitative estimate of drug-likeness (QED) is 0.461. The molecule has 0 atom stereocenters. The van der Waals surface area contributed by atoms with E-state index in [0.29, 0.717) is 0 Å². The van der Waals surface area contributed by atoms with Gasteiger partial charge in [-0.2, -0.15) is 0 Å². The highest BCUT2D eigenvalue weighted by atomic mass is 16.5. The average molecular weight is 473 g/mol. The standard InChI is InChI=1S/C28H32N2O.C2H4O2/c1-4-11-25(12-5-1)13-10-18-29-19-21-30(22-20-29)23-24-31-28(26-14-6-2-7-15-26)27-16-8-3-9-17-27;1-2(3)4/h1-12,14-18,28H,13,19-24H2;1H3,(H,3,4)/b18-10+;. The highest BCUT2D eigenvalue weighted by Crippen LogP contribution is 2.25. The van der Waals surface area contributed by atoms with Crippen LogP contribution in [0.5, 0.6) is 0 Å². The van der Waals surface area contributed by atoms with Gasteiger partial charge in [0.15, 0.2) is 0 Å². The predicted molar refractivity (Wildman–Crippen MR) is 141 cm³/mol. The van der Waals surface area contributed by atoms with Crippen LogP contribution < -0.4 is 0 Å². The molecule has 1 saturated heterocycles. The maximum absolute atomic E-state index is 9.00. The van der Waals surface area contributed by atoms with Gasteiger partial charge >= 0.3 is 0 Å². The van der Waals surface area contributed by atoms with Gasteiger partial charge in [-0.1, -0.05) is 97.1 Å². The SMILES string of the molecule is C(=C\N1CCN(CCOC(c2ccccc2)c2ccccc2)CC1)/Cc1ccccc1.CC(=O)O. The van der Waals surface area contributed by atoms with Crippen LogP contribution in [0.4, 0.5) is 0 Å². The average Bonchev–Trinajstić information content (AvgIpc) is 2.89. The van der Waals surface area contributed by atoms with Gasteiger partial charge in [-0.25, -0.2) is 0 Å². The number of carboxylic acid groups (broad SMARTS) is 1. The van der Waals surface area contributed by atoms with Crippen molar-refractivity contribution < 1.29 is 14.6 Å². The number of benzene rings is 3. The highest BCUT2D eigenvalue weighted by molar-refractivity contribution is 5.62. The van der Waals surface area contributed by atoms with Crippen molar-refractivity contribution >= 4 is 5.97 Å². The molecular formula is C30H36N2O3. The number of hydrogen-bond acceptors (Lipinski definition) is 4. The molecule has 1 N–H and O–H groups in total. The van der Waals surface area contributed by atoms with E-state index < -0.39 is 5.97 Å². The molecule has 0 amide bonds. The third-order valence-corrected chi connectivity index (χ3v) is 5.82. The summed E-state index contributed by atoms with van der Waals surface area (Å²) < 4.78 is 6.39. The zero-order valence-corrected chi connectivity index (χ0v) is 20.5. The summed E-state index contributed by atoms with van der Waals surface area (Å²) in [5.41, 5.74) is 3.78. The number of carbonyl (C=O) groups is 1. The molecule has 0 aliphatic carbocycles. The van der Waals surface area contributed by atoms with E-state index in [-0.39, 0.29) is 6.10 Å². The molecule has 5 nitrogen and oxygen atoms in total. The van der Waals surface area contributed by atoms with E-state index in [1.54, 1.807) is 0 Å². The Balaban J connectivity index is 0.000000795. The first-order valence-electron chi connectivity index (χ1n) is 12.2. The Kier molecular flexibility index (Phi) is 11.1. The van der Waals surface area contributed by atoms with Crippen molar-refractivity contribution in [3.05, 3.63) is 120 Å². The van der Waals surface area contributed by atoms with Crippen molar-refractivity contribution in [1.29, 1.82) is 0 Å². The van der Waals surface area contributed by atoms with E-state index in [4.69, 9.17) is 14.6 Å². The minimum atomic E-state index is -0.833. The second-order valence-corrected chi connectivity index (χ2v) is 8.54. The molecular weight excluding hydrogens is 436 g/mol. The fourth-order valence-electron chi connectivity index (χ4n) is 4.03. The van der Waals surface area contributed by atoms with Crippen LogP contribution >= 0.6 is 0 Å². The molecule has 1 aliphatic rings. The summed E-state index contributed by atoms with van der Waals surface area (Å²) in [5, 5.41) is 7.42. The molecule has 5 heteroatoms. The number of carboxylic acids is 1. The zero-order valence-electron chi connectivity index (χ0n) is 20.5. The van der Waals surface area contributed by atoms with Crippen molar-refractivity contribution in [2.75, 3.05) is 39.3 Å². The second kappa shape index (κ2) is 14.8. The minimum absolute atomic E-state index is 0.00962. The van der Waals surface area contributed by atoms with Crippen molar-refractivity contribution in [1.82, 2.24) is 9.80 Å². The lowest BCUT2D eigenvalue weighted by atomic mass is 10.0. The summed E-state index contributed by atoms with van der Waals surface area (Å²) in [6.45, 7) is 7.11.